The number of hydrogen-bond donors (Lipinski definition) is 2. The molecule has 1 amide bonds. The SMILES string of the molecule is COc1ccc([N+](=O)[O-])cc1NC(=S)NC(=O)C=Cc1ccc(F)cc1. The van der Waals surface area contributed by atoms with E-state index in [1.165, 1.54) is 61.7 Å². The Labute approximate surface area is 153 Å². The van der Waals surface area contributed by atoms with E-state index in [0.29, 0.717) is 11.3 Å². The van der Waals surface area contributed by atoms with Crippen LogP contribution in [0.2, 0.25) is 0 Å². The number of benzene rings is 2. The van der Waals surface area contributed by atoms with Crippen molar-refractivity contribution in [3.63, 3.8) is 0 Å². The molecule has 2 rings (SSSR count). The Kier molecular flexibility index (Phi) is 6.34. The van der Waals surface area contributed by atoms with Crippen LogP contribution in [0.1, 0.15) is 5.56 Å². The molecule has 0 aliphatic carbocycles. The smallest absolute Gasteiger partial charge is 0.271 e. The van der Waals surface area contributed by atoms with Crippen LogP contribution in [-0.2, 0) is 4.79 Å². The van der Waals surface area contributed by atoms with Gasteiger partial charge in [-0.2, -0.15) is 0 Å². The maximum atomic E-state index is 12.8. The summed E-state index contributed by atoms with van der Waals surface area (Å²) in [6.45, 7) is 0. The molecule has 0 atom stereocenters. The van der Waals surface area contributed by atoms with Crippen molar-refractivity contribution in [3.05, 3.63) is 70.0 Å². The van der Waals surface area contributed by atoms with Gasteiger partial charge in [-0.3, -0.25) is 20.2 Å². The predicted molar refractivity (Wildman–Crippen MR) is 99.4 cm³/mol. The number of thiocarbonyl (C=S) groups is 1. The Balaban J connectivity index is 2.01. The molecular formula is C17H14FN3O4S. The zero-order valence-electron chi connectivity index (χ0n) is 13.6. The molecule has 0 saturated carbocycles. The number of nitro benzene ring substituents is 1. The molecule has 0 aliphatic rings. The molecule has 0 aromatic heterocycles. The van der Waals surface area contributed by atoms with Crippen LogP contribution < -0.4 is 15.4 Å². The van der Waals surface area contributed by atoms with E-state index in [2.05, 4.69) is 10.6 Å². The van der Waals surface area contributed by atoms with Crippen molar-refractivity contribution < 1.29 is 18.8 Å². The lowest BCUT2D eigenvalue weighted by atomic mass is 10.2. The van der Waals surface area contributed by atoms with E-state index in [9.17, 15) is 19.3 Å². The van der Waals surface area contributed by atoms with Crippen molar-refractivity contribution in [3.8, 4) is 5.75 Å². The summed E-state index contributed by atoms with van der Waals surface area (Å²) >= 11 is 5.02. The predicted octanol–water partition coefficient (Wildman–Crippen LogP) is 3.27. The first-order chi connectivity index (χ1) is 12.4. The molecule has 0 bridgehead atoms. The van der Waals surface area contributed by atoms with E-state index in [1.807, 2.05) is 0 Å². The molecule has 0 radical (unpaired) electrons. The summed E-state index contributed by atoms with van der Waals surface area (Å²) in [5, 5.41) is 15.9. The van der Waals surface area contributed by atoms with Gasteiger partial charge in [0, 0.05) is 18.2 Å². The van der Waals surface area contributed by atoms with E-state index in [-0.39, 0.29) is 22.3 Å². The second-order valence-corrected chi connectivity index (χ2v) is 5.38. The van der Waals surface area contributed by atoms with Gasteiger partial charge in [-0.25, -0.2) is 4.39 Å². The number of nitrogens with zero attached hydrogens (tertiary/aromatic N) is 1. The molecule has 9 heteroatoms. The molecular weight excluding hydrogens is 361 g/mol. The van der Waals surface area contributed by atoms with Crippen molar-refractivity contribution in [2.75, 3.05) is 12.4 Å². The number of hydrogen-bond acceptors (Lipinski definition) is 5. The van der Waals surface area contributed by atoms with Crippen LogP contribution in [0.3, 0.4) is 0 Å². The van der Waals surface area contributed by atoms with Gasteiger partial charge in [0.25, 0.3) is 5.69 Å². The van der Waals surface area contributed by atoms with E-state index in [0.717, 1.165) is 0 Å². The largest absolute Gasteiger partial charge is 0.495 e. The molecule has 0 saturated heterocycles. The first-order valence-electron chi connectivity index (χ1n) is 7.27. The zero-order valence-corrected chi connectivity index (χ0v) is 14.4. The van der Waals surface area contributed by atoms with Crippen LogP contribution in [0.4, 0.5) is 15.8 Å². The highest BCUT2D eigenvalue weighted by Crippen LogP contribution is 2.28. The third-order valence-corrected chi connectivity index (χ3v) is 3.38. The zero-order chi connectivity index (χ0) is 19.1. The molecule has 2 aromatic carbocycles. The Morgan fingerprint density at radius 2 is 1.96 bits per heavy atom. The number of anilines is 1. The minimum Gasteiger partial charge on any atom is -0.495 e. The van der Waals surface area contributed by atoms with Crippen LogP contribution in [0.25, 0.3) is 6.08 Å². The number of halogens is 1. The molecule has 0 aliphatic heterocycles. The molecule has 2 aromatic rings. The third-order valence-electron chi connectivity index (χ3n) is 3.18. The van der Waals surface area contributed by atoms with Crippen LogP contribution in [0.5, 0.6) is 5.75 Å². The summed E-state index contributed by atoms with van der Waals surface area (Å²) in [7, 11) is 1.40. The normalized spacial score (nSPS) is 10.4. The average Bonchev–Trinajstić information content (AvgIpc) is 2.61. The maximum absolute atomic E-state index is 12.8. The number of nitrogens with one attached hydrogen (secondary N) is 2. The van der Waals surface area contributed by atoms with Gasteiger partial charge in [0.05, 0.1) is 17.7 Å². The van der Waals surface area contributed by atoms with Crippen molar-refractivity contribution in [2.24, 2.45) is 0 Å². The lowest BCUT2D eigenvalue weighted by Crippen LogP contribution is -2.32. The van der Waals surface area contributed by atoms with Crippen LogP contribution in [0.15, 0.2) is 48.5 Å². The maximum Gasteiger partial charge on any atom is 0.271 e. The van der Waals surface area contributed by atoms with E-state index < -0.39 is 10.8 Å². The highest BCUT2D eigenvalue weighted by atomic mass is 32.1. The van der Waals surface area contributed by atoms with Crippen LogP contribution in [-0.4, -0.2) is 23.1 Å². The minimum atomic E-state index is -0.558. The third kappa shape index (κ3) is 5.35. The Hall–Kier alpha value is -3.33. The lowest BCUT2D eigenvalue weighted by molar-refractivity contribution is -0.384. The summed E-state index contributed by atoms with van der Waals surface area (Å²) < 4.78 is 17.9. The monoisotopic (exact) mass is 375 g/mol. The molecule has 0 spiro atoms. The minimum absolute atomic E-state index is 0.0578. The summed E-state index contributed by atoms with van der Waals surface area (Å²) in [6, 6.07) is 9.53. The van der Waals surface area contributed by atoms with Gasteiger partial charge >= 0.3 is 0 Å². The van der Waals surface area contributed by atoms with Crippen LogP contribution >= 0.6 is 12.2 Å². The van der Waals surface area contributed by atoms with Gasteiger partial charge in [-0.15, -0.1) is 0 Å². The Morgan fingerprint density at radius 1 is 1.27 bits per heavy atom. The first-order valence-corrected chi connectivity index (χ1v) is 7.68. The first kappa shape index (κ1) is 19.0. The standard InChI is InChI=1S/C17H14FN3O4S/c1-25-15-8-7-13(21(23)24)10-14(15)19-17(26)20-16(22)9-4-11-2-5-12(18)6-3-11/h2-10H,1H3,(H2,19,20,22,26). The Bertz CT molecular complexity index is 869. The van der Waals surface area contributed by atoms with E-state index in [1.54, 1.807) is 0 Å². The summed E-state index contributed by atoms with van der Waals surface area (Å²) in [5.74, 6) is -0.562. The van der Waals surface area contributed by atoms with Crippen molar-refractivity contribution in [1.82, 2.24) is 5.32 Å². The van der Waals surface area contributed by atoms with Gasteiger partial charge in [0.15, 0.2) is 5.11 Å². The van der Waals surface area contributed by atoms with Crippen molar-refractivity contribution in [1.29, 1.82) is 0 Å². The Morgan fingerprint density at radius 3 is 2.58 bits per heavy atom. The van der Waals surface area contributed by atoms with Gasteiger partial charge in [-0.1, -0.05) is 12.1 Å². The molecule has 7 nitrogen and oxygen atoms in total. The van der Waals surface area contributed by atoms with Gasteiger partial charge < -0.3 is 10.1 Å². The number of nitro groups is 1. The second-order valence-electron chi connectivity index (χ2n) is 4.97. The highest BCUT2D eigenvalue weighted by Gasteiger charge is 2.13. The molecule has 134 valence electrons. The van der Waals surface area contributed by atoms with Crippen molar-refractivity contribution >= 4 is 40.7 Å². The van der Waals surface area contributed by atoms with Gasteiger partial charge in [0.2, 0.25) is 5.91 Å². The quantitative estimate of drug-likeness (QED) is 0.361. The number of rotatable bonds is 5. The average molecular weight is 375 g/mol. The fourth-order valence-electron chi connectivity index (χ4n) is 1.96. The van der Waals surface area contributed by atoms with Crippen LogP contribution in [0, 0.1) is 15.9 Å². The molecule has 0 fully saturated rings. The second kappa shape index (κ2) is 8.67. The number of amides is 1. The summed E-state index contributed by atoms with van der Waals surface area (Å²) in [5.41, 5.74) is 0.730. The molecule has 0 unspecified atom stereocenters. The number of methoxy groups -OCH3 is 1. The molecule has 0 heterocycles. The number of non-ortho nitro benzene ring substituents is 1. The van der Waals surface area contributed by atoms with Gasteiger partial charge in [0.1, 0.15) is 11.6 Å². The number of carbonyl (C=O) groups is 1. The number of carbonyl (C=O) groups excluding carboxylic acids is 1. The summed E-state index contributed by atoms with van der Waals surface area (Å²) in [4.78, 5) is 22.2. The van der Waals surface area contributed by atoms with Crippen molar-refractivity contribution in [2.45, 2.75) is 0 Å². The molecule has 26 heavy (non-hydrogen) atoms. The van der Waals surface area contributed by atoms with E-state index >= 15 is 0 Å². The van der Waals surface area contributed by atoms with E-state index in [4.69, 9.17) is 17.0 Å². The van der Waals surface area contributed by atoms with Gasteiger partial charge in [-0.05, 0) is 42.1 Å². The number of ether oxygens (including phenoxy) is 1. The lowest BCUT2D eigenvalue weighted by Gasteiger charge is -2.11. The fraction of sp³-hybridized carbons (Fsp3) is 0.0588. The summed E-state index contributed by atoms with van der Waals surface area (Å²) in [6.07, 6.45) is 2.72. The topological polar surface area (TPSA) is 93.5 Å². The molecule has 2 N–H and O–H groups in total. The highest BCUT2D eigenvalue weighted by molar-refractivity contribution is 7.80. The fourth-order valence-corrected chi connectivity index (χ4v) is 2.17.